The lowest BCUT2D eigenvalue weighted by molar-refractivity contribution is -0.143. The minimum absolute atomic E-state index is 0.0907. The minimum atomic E-state index is -0.988. The third-order valence-corrected chi connectivity index (χ3v) is 3.36. The van der Waals surface area contributed by atoms with Gasteiger partial charge in [0.05, 0.1) is 6.61 Å². The Bertz CT molecular complexity index is 447. The number of amides is 1. The highest BCUT2D eigenvalue weighted by Gasteiger charge is 2.24. The van der Waals surface area contributed by atoms with Gasteiger partial charge in [0, 0.05) is 6.42 Å². The molecule has 0 aliphatic carbocycles. The van der Waals surface area contributed by atoms with Crippen LogP contribution in [0.2, 0.25) is 0 Å². The lowest BCUT2D eigenvalue weighted by atomic mass is 9.99. The Morgan fingerprint density at radius 3 is 2.52 bits per heavy atom. The maximum atomic E-state index is 11.8. The van der Waals surface area contributed by atoms with Gasteiger partial charge in [-0.1, -0.05) is 38.5 Å². The van der Waals surface area contributed by atoms with Gasteiger partial charge in [-0.25, -0.2) is 4.79 Å². The van der Waals surface area contributed by atoms with E-state index in [1.807, 2.05) is 44.2 Å². The summed E-state index contributed by atoms with van der Waals surface area (Å²) in [6.45, 7) is 4.15. The molecule has 1 rings (SSSR count). The largest absolute Gasteiger partial charge is 0.494 e. The molecule has 5 nitrogen and oxygen atoms in total. The fourth-order valence-corrected chi connectivity index (χ4v) is 1.87. The van der Waals surface area contributed by atoms with E-state index in [2.05, 4.69) is 5.32 Å². The van der Waals surface area contributed by atoms with Crippen LogP contribution < -0.4 is 10.1 Å². The molecule has 0 radical (unpaired) electrons. The number of aliphatic carboxylic acids is 1. The molecule has 1 amide bonds. The molecule has 1 aromatic carbocycles. The molecule has 116 valence electrons. The van der Waals surface area contributed by atoms with Crippen LogP contribution in [0.5, 0.6) is 5.75 Å². The molecule has 1 aromatic rings. The summed E-state index contributed by atoms with van der Waals surface area (Å²) in [5.74, 6) is -0.564. The fourth-order valence-electron chi connectivity index (χ4n) is 1.87. The molecule has 0 bridgehead atoms. The third-order valence-electron chi connectivity index (χ3n) is 3.36. The second-order valence-corrected chi connectivity index (χ2v) is 5.03. The van der Waals surface area contributed by atoms with E-state index in [0.717, 1.165) is 5.75 Å². The first-order chi connectivity index (χ1) is 10.0. The minimum Gasteiger partial charge on any atom is -0.494 e. The molecule has 5 heteroatoms. The number of carboxylic acid groups (broad SMARTS) is 1. The average Bonchev–Trinajstić information content (AvgIpc) is 2.49. The van der Waals surface area contributed by atoms with Gasteiger partial charge < -0.3 is 15.2 Å². The summed E-state index contributed by atoms with van der Waals surface area (Å²) in [6, 6.07) is 8.54. The molecule has 0 spiro atoms. The quantitative estimate of drug-likeness (QED) is 0.686. The van der Waals surface area contributed by atoms with E-state index in [9.17, 15) is 9.59 Å². The van der Waals surface area contributed by atoms with Crippen LogP contribution in [0.25, 0.3) is 0 Å². The topological polar surface area (TPSA) is 75.6 Å². The van der Waals surface area contributed by atoms with E-state index < -0.39 is 12.0 Å². The van der Waals surface area contributed by atoms with Gasteiger partial charge in [-0.05, 0) is 24.5 Å². The number of para-hydroxylation sites is 1. The van der Waals surface area contributed by atoms with Crippen LogP contribution in [-0.4, -0.2) is 29.6 Å². The molecule has 0 saturated carbocycles. The van der Waals surface area contributed by atoms with E-state index >= 15 is 0 Å². The average molecular weight is 293 g/mol. The van der Waals surface area contributed by atoms with Gasteiger partial charge >= 0.3 is 5.97 Å². The maximum absolute atomic E-state index is 11.8. The predicted molar refractivity (Wildman–Crippen MR) is 80.2 cm³/mol. The van der Waals surface area contributed by atoms with Crippen molar-refractivity contribution in [2.75, 3.05) is 6.61 Å². The molecule has 2 N–H and O–H groups in total. The molecular formula is C16H23NO4. The molecule has 0 aliphatic rings. The van der Waals surface area contributed by atoms with Crippen LogP contribution in [0.15, 0.2) is 30.3 Å². The van der Waals surface area contributed by atoms with Crippen LogP contribution in [0.3, 0.4) is 0 Å². The van der Waals surface area contributed by atoms with Crippen molar-refractivity contribution in [3.63, 3.8) is 0 Å². The standard InChI is InChI=1S/C16H23NO4/c1-3-12(2)15(16(19)20)17-14(18)10-7-11-21-13-8-5-4-6-9-13/h4-6,8-9,12,15H,3,7,10-11H2,1-2H3,(H,17,18)(H,19,20)/t12?,15-/m0/s1. The van der Waals surface area contributed by atoms with Crippen LogP contribution in [0.4, 0.5) is 0 Å². The smallest absolute Gasteiger partial charge is 0.326 e. The Morgan fingerprint density at radius 1 is 1.29 bits per heavy atom. The van der Waals surface area contributed by atoms with E-state index in [1.165, 1.54) is 0 Å². The molecule has 21 heavy (non-hydrogen) atoms. The molecule has 0 fully saturated rings. The summed E-state index contributed by atoms with van der Waals surface area (Å²) in [4.78, 5) is 22.9. The predicted octanol–water partition coefficient (Wildman–Crippen LogP) is 2.46. The van der Waals surface area contributed by atoms with Gasteiger partial charge in [-0.15, -0.1) is 0 Å². The lowest BCUT2D eigenvalue weighted by Crippen LogP contribution is -2.45. The van der Waals surface area contributed by atoms with Crippen molar-refractivity contribution in [2.45, 2.75) is 39.2 Å². The number of ether oxygens (including phenoxy) is 1. The van der Waals surface area contributed by atoms with Crippen molar-refractivity contribution in [1.29, 1.82) is 0 Å². The van der Waals surface area contributed by atoms with Gasteiger partial charge in [-0.2, -0.15) is 0 Å². The maximum Gasteiger partial charge on any atom is 0.326 e. The van der Waals surface area contributed by atoms with Gasteiger partial charge in [0.2, 0.25) is 5.91 Å². The summed E-state index contributed by atoms with van der Waals surface area (Å²) in [7, 11) is 0. The van der Waals surface area contributed by atoms with Crippen molar-refractivity contribution in [2.24, 2.45) is 5.92 Å². The van der Waals surface area contributed by atoms with Gasteiger partial charge in [-0.3, -0.25) is 4.79 Å². The molecule has 1 unspecified atom stereocenters. The first-order valence-corrected chi connectivity index (χ1v) is 7.24. The number of rotatable bonds is 9. The number of carboxylic acids is 1. The zero-order valence-electron chi connectivity index (χ0n) is 12.5. The van der Waals surface area contributed by atoms with Crippen LogP contribution in [-0.2, 0) is 9.59 Å². The second-order valence-electron chi connectivity index (χ2n) is 5.03. The Kier molecular flexibility index (Phi) is 7.29. The van der Waals surface area contributed by atoms with Crippen molar-refractivity contribution in [3.05, 3.63) is 30.3 Å². The summed E-state index contributed by atoms with van der Waals surface area (Å²) in [6.07, 6.45) is 1.51. The molecule has 0 saturated heterocycles. The third kappa shape index (κ3) is 6.29. The monoisotopic (exact) mass is 293 g/mol. The number of nitrogens with one attached hydrogen (secondary N) is 1. The van der Waals surface area contributed by atoms with Gasteiger partial charge in [0.1, 0.15) is 11.8 Å². The Morgan fingerprint density at radius 2 is 1.95 bits per heavy atom. The number of benzene rings is 1. The Balaban J connectivity index is 2.28. The molecule has 0 aliphatic heterocycles. The van der Waals surface area contributed by atoms with Crippen LogP contribution >= 0.6 is 0 Å². The first-order valence-electron chi connectivity index (χ1n) is 7.24. The zero-order chi connectivity index (χ0) is 15.7. The fraction of sp³-hybridized carbons (Fsp3) is 0.500. The highest BCUT2D eigenvalue weighted by atomic mass is 16.5. The van der Waals surface area contributed by atoms with Crippen LogP contribution in [0, 0.1) is 5.92 Å². The summed E-state index contributed by atoms with van der Waals surface area (Å²) in [5.41, 5.74) is 0. The summed E-state index contributed by atoms with van der Waals surface area (Å²) >= 11 is 0. The molecule has 2 atom stereocenters. The molecular weight excluding hydrogens is 270 g/mol. The number of carbonyl (C=O) groups is 2. The van der Waals surface area contributed by atoms with E-state index in [1.54, 1.807) is 0 Å². The van der Waals surface area contributed by atoms with E-state index in [-0.39, 0.29) is 18.2 Å². The summed E-state index contributed by atoms with van der Waals surface area (Å²) in [5, 5.41) is 11.7. The highest BCUT2D eigenvalue weighted by molar-refractivity contribution is 5.83. The SMILES string of the molecule is CCC(C)[C@H](NC(=O)CCCOc1ccccc1)C(=O)O. The van der Waals surface area contributed by atoms with Crippen molar-refractivity contribution in [1.82, 2.24) is 5.32 Å². The number of hydrogen-bond acceptors (Lipinski definition) is 3. The van der Waals surface area contributed by atoms with E-state index in [0.29, 0.717) is 19.4 Å². The molecule has 0 aromatic heterocycles. The number of carbonyl (C=O) groups excluding carboxylic acids is 1. The second kappa shape index (κ2) is 9.00. The van der Waals surface area contributed by atoms with Crippen molar-refractivity contribution in [3.8, 4) is 5.75 Å². The Hall–Kier alpha value is -2.04. The zero-order valence-corrected chi connectivity index (χ0v) is 12.5. The lowest BCUT2D eigenvalue weighted by Gasteiger charge is -2.20. The van der Waals surface area contributed by atoms with Crippen molar-refractivity contribution >= 4 is 11.9 Å². The first kappa shape index (κ1) is 17.0. The molecule has 0 heterocycles. The van der Waals surface area contributed by atoms with E-state index in [4.69, 9.17) is 9.84 Å². The highest BCUT2D eigenvalue weighted by Crippen LogP contribution is 2.10. The van der Waals surface area contributed by atoms with Gasteiger partial charge in [0.15, 0.2) is 0 Å². The number of hydrogen-bond donors (Lipinski definition) is 2. The van der Waals surface area contributed by atoms with Gasteiger partial charge in [0.25, 0.3) is 0 Å². The van der Waals surface area contributed by atoms with Crippen molar-refractivity contribution < 1.29 is 19.4 Å². The Labute approximate surface area is 125 Å². The normalized spacial score (nSPS) is 13.2. The summed E-state index contributed by atoms with van der Waals surface area (Å²) < 4.78 is 5.48. The van der Waals surface area contributed by atoms with Crippen LogP contribution in [0.1, 0.15) is 33.1 Å².